The van der Waals surface area contributed by atoms with Crippen LogP contribution in [-0.4, -0.2) is 42.4 Å². The van der Waals surface area contributed by atoms with Gasteiger partial charge in [-0.1, -0.05) is 27.5 Å². The van der Waals surface area contributed by atoms with Crippen molar-refractivity contribution in [1.29, 1.82) is 0 Å². The summed E-state index contributed by atoms with van der Waals surface area (Å²) in [6.07, 6.45) is 1.60. The minimum atomic E-state index is -0.122. The summed E-state index contributed by atoms with van der Waals surface area (Å²) in [4.78, 5) is 2.31. The molecular weight excluding hydrogens is 318 g/mol. The van der Waals surface area contributed by atoms with E-state index in [4.69, 9.17) is 16.3 Å². The van der Waals surface area contributed by atoms with E-state index in [0.29, 0.717) is 11.6 Å². The maximum Gasteiger partial charge on any atom is 0.138 e. The van der Waals surface area contributed by atoms with Crippen molar-refractivity contribution < 1.29 is 9.84 Å². The highest BCUT2D eigenvalue weighted by Crippen LogP contribution is 2.27. The van der Waals surface area contributed by atoms with E-state index < -0.39 is 0 Å². The van der Waals surface area contributed by atoms with Crippen molar-refractivity contribution in [3.05, 3.63) is 27.7 Å². The number of hydrogen-bond donors (Lipinski definition) is 1. The van der Waals surface area contributed by atoms with Gasteiger partial charge in [-0.05, 0) is 31.0 Å². The number of halogens is 2. The normalized spacial score (nSPS) is 17.9. The first kappa shape index (κ1) is 14.1. The van der Waals surface area contributed by atoms with E-state index in [0.717, 1.165) is 42.7 Å². The molecule has 0 unspecified atom stereocenters. The number of piperidine rings is 1. The zero-order chi connectivity index (χ0) is 13.0. The molecule has 0 amide bonds. The fraction of sp³-hybridized carbons (Fsp3) is 0.538. The zero-order valence-corrected chi connectivity index (χ0v) is 12.5. The monoisotopic (exact) mass is 333 g/mol. The quantitative estimate of drug-likeness (QED) is 0.919. The molecule has 1 heterocycles. The molecule has 5 heteroatoms. The van der Waals surface area contributed by atoms with Crippen molar-refractivity contribution in [2.45, 2.75) is 18.9 Å². The minimum Gasteiger partial charge on any atom is -0.491 e. The smallest absolute Gasteiger partial charge is 0.138 e. The molecule has 100 valence electrons. The third-order valence-corrected chi connectivity index (χ3v) is 3.90. The summed E-state index contributed by atoms with van der Waals surface area (Å²) in [7, 11) is 0. The van der Waals surface area contributed by atoms with Gasteiger partial charge in [0.2, 0.25) is 0 Å². The predicted molar refractivity (Wildman–Crippen MR) is 76.3 cm³/mol. The molecule has 0 bridgehead atoms. The van der Waals surface area contributed by atoms with Crippen LogP contribution >= 0.6 is 27.5 Å². The Morgan fingerprint density at radius 1 is 1.39 bits per heavy atom. The zero-order valence-electron chi connectivity index (χ0n) is 10.1. The van der Waals surface area contributed by atoms with Gasteiger partial charge >= 0.3 is 0 Å². The van der Waals surface area contributed by atoms with Gasteiger partial charge < -0.3 is 9.84 Å². The van der Waals surface area contributed by atoms with E-state index in [1.807, 2.05) is 18.2 Å². The van der Waals surface area contributed by atoms with E-state index >= 15 is 0 Å². The Hall–Kier alpha value is -0.290. The molecule has 1 N–H and O–H groups in total. The molecule has 0 aromatic heterocycles. The van der Waals surface area contributed by atoms with Crippen LogP contribution in [0.1, 0.15) is 12.8 Å². The lowest BCUT2D eigenvalue weighted by atomic mass is 10.1. The Morgan fingerprint density at radius 2 is 2.11 bits per heavy atom. The van der Waals surface area contributed by atoms with Crippen LogP contribution < -0.4 is 4.74 Å². The molecule has 18 heavy (non-hydrogen) atoms. The van der Waals surface area contributed by atoms with Gasteiger partial charge in [-0.2, -0.15) is 0 Å². The number of likely N-dealkylation sites (tertiary alicyclic amines) is 1. The Bertz CT molecular complexity index is 395. The molecule has 1 aromatic rings. The molecule has 0 atom stereocenters. The molecule has 0 radical (unpaired) electrons. The molecule has 0 spiro atoms. The van der Waals surface area contributed by atoms with Crippen LogP contribution in [0.3, 0.4) is 0 Å². The molecule has 1 aliphatic rings. The van der Waals surface area contributed by atoms with Crippen molar-refractivity contribution in [3.8, 4) is 5.75 Å². The fourth-order valence-electron chi connectivity index (χ4n) is 2.02. The molecule has 1 aromatic carbocycles. The maximum atomic E-state index is 9.41. The first-order valence-electron chi connectivity index (χ1n) is 6.13. The number of benzene rings is 1. The lowest BCUT2D eigenvalue weighted by molar-refractivity contribution is 0.0755. The van der Waals surface area contributed by atoms with Crippen LogP contribution in [0.2, 0.25) is 5.02 Å². The van der Waals surface area contributed by atoms with Crippen LogP contribution in [0.15, 0.2) is 22.7 Å². The van der Waals surface area contributed by atoms with Gasteiger partial charge in [0, 0.05) is 24.1 Å². The molecule has 3 nitrogen and oxygen atoms in total. The minimum absolute atomic E-state index is 0.122. The Balaban J connectivity index is 1.75. The van der Waals surface area contributed by atoms with Crippen molar-refractivity contribution >= 4 is 27.5 Å². The second-order valence-corrected chi connectivity index (χ2v) is 5.82. The SMILES string of the molecule is OC1CCN(CCOc2ccc(Br)cc2Cl)CC1. The van der Waals surface area contributed by atoms with Crippen LogP contribution in [0.5, 0.6) is 5.75 Å². The first-order chi connectivity index (χ1) is 8.65. The van der Waals surface area contributed by atoms with Gasteiger partial charge in [-0.15, -0.1) is 0 Å². The van der Waals surface area contributed by atoms with Gasteiger partial charge in [-0.25, -0.2) is 0 Å². The largest absolute Gasteiger partial charge is 0.491 e. The summed E-state index contributed by atoms with van der Waals surface area (Å²) in [5, 5.41) is 10.0. The van der Waals surface area contributed by atoms with E-state index in [-0.39, 0.29) is 6.10 Å². The highest BCUT2D eigenvalue weighted by molar-refractivity contribution is 9.10. The highest BCUT2D eigenvalue weighted by Gasteiger charge is 2.16. The molecule has 2 rings (SSSR count). The number of nitrogens with zero attached hydrogens (tertiary/aromatic N) is 1. The second kappa shape index (κ2) is 6.75. The van der Waals surface area contributed by atoms with Crippen LogP contribution in [0, 0.1) is 0 Å². The number of rotatable bonds is 4. The predicted octanol–water partition coefficient (Wildman–Crippen LogP) is 2.94. The molecule has 0 aliphatic carbocycles. The van der Waals surface area contributed by atoms with Crippen molar-refractivity contribution in [2.75, 3.05) is 26.2 Å². The topological polar surface area (TPSA) is 32.7 Å². The Morgan fingerprint density at radius 3 is 2.78 bits per heavy atom. The molecule has 1 fully saturated rings. The number of hydrogen-bond acceptors (Lipinski definition) is 3. The third kappa shape index (κ3) is 4.12. The average Bonchev–Trinajstić information content (AvgIpc) is 2.34. The van der Waals surface area contributed by atoms with Gasteiger partial charge in [0.15, 0.2) is 0 Å². The van der Waals surface area contributed by atoms with Crippen molar-refractivity contribution in [1.82, 2.24) is 4.90 Å². The van der Waals surface area contributed by atoms with Crippen LogP contribution in [0.4, 0.5) is 0 Å². The number of ether oxygens (including phenoxy) is 1. The summed E-state index contributed by atoms with van der Waals surface area (Å²) >= 11 is 9.43. The Labute approximate surface area is 121 Å². The van der Waals surface area contributed by atoms with E-state index in [9.17, 15) is 5.11 Å². The maximum absolute atomic E-state index is 9.41. The molecule has 0 saturated carbocycles. The number of aliphatic hydroxyl groups excluding tert-OH is 1. The first-order valence-corrected chi connectivity index (χ1v) is 7.30. The summed E-state index contributed by atoms with van der Waals surface area (Å²) in [5.74, 6) is 0.719. The van der Waals surface area contributed by atoms with Crippen LogP contribution in [0.25, 0.3) is 0 Å². The Kier molecular flexibility index (Phi) is 5.30. The lowest BCUT2D eigenvalue weighted by Crippen LogP contribution is -2.38. The van der Waals surface area contributed by atoms with Gasteiger partial charge in [0.25, 0.3) is 0 Å². The molecular formula is C13H17BrClNO2. The summed E-state index contributed by atoms with van der Waals surface area (Å²) in [6.45, 7) is 3.38. The van der Waals surface area contributed by atoms with E-state index in [2.05, 4.69) is 20.8 Å². The number of aliphatic hydroxyl groups is 1. The third-order valence-electron chi connectivity index (χ3n) is 3.12. The average molecular weight is 335 g/mol. The standard InChI is InChI=1S/C13H17BrClNO2/c14-10-1-2-13(12(15)9-10)18-8-7-16-5-3-11(17)4-6-16/h1-2,9,11,17H,3-8H2. The summed E-state index contributed by atoms with van der Waals surface area (Å²) < 4.78 is 6.61. The van der Waals surface area contributed by atoms with E-state index in [1.165, 1.54) is 0 Å². The van der Waals surface area contributed by atoms with Crippen LogP contribution in [-0.2, 0) is 0 Å². The second-order valence-electron chi connectivity index (χ2n) is 4.50. The lowest BCUT2D eigenvalue weighted by Gasteiger charge is -2.29. The summed E-state index contributed by atoms with van der Waals surface area (Å²) in [5.41, 5.74) is 0. The highest BCUT2D eigenvalue weighted by atomic mass is 79.9. The van der Waals surface area contributed by atoms with Crippen molar-refractivity contribution in [2.24, 2.45) is 0 Å². The summed E-state index contributed by atoms with van der Waals surface area (Å²) in [6, 6.07) is 5.61. The van der Waals surface area contributed by atoms with Crippen molar-refractivity contribution in [3.63, 3.8) is 0 Å². The molecule has 1 aliphatic heterocycles. The van der Waals surface area contributed by atoms with Gasteiger partial charge in [0.1, 0.15) is 12.4 Å². The fourth-order valence-corrected chi connectivity index (χ4v) is 2.75. The molecule has 1 saturated heterocycles. The van der Waals surface area contributed by atoms with Gasteiger partial charge in [-0.3, -0.25) is 4.90 Å². The van der Waals surface area contributed by atoms with E-state index in [1.54, 1.807) is 0 Å². The van der Waals surface area contributed by atoms with Gasteiger partial charge in [0.05, 0.1) is 11.1 Å².